The molecule has 130 valence electrons. The molecule has 4 rings (SSSR count). The molecule has 0 aliphatic carbocycles. The smallest absolute Gasteiger partial charge is 0.128 e. The molecule has 0 atom stereocenters. The Morgan fingerprint density at radius 1 is 1.12 bits per heavy atom. The Labute approximate surface area is 151 Å². The third-order valence-electron chi connectivity index (χ3n) is 4.38. The molecule has 0 saturated carbocycles. The molecule has 0 aliphatic heterocycles. The van der Waals surface area contributed by atoms with E-state index in [0.717, 1.165) is 44.7 Å². The van der Waals surface area contributed by atoms with Crippen LogP contribution in [-0.2, 0) is 6.54 Å². The lowest BCUT2D eigenvalue weighted by Gasteiger charge is -2.14. The number of aromatic nitrogens is 3. The molecule has 5 heteroatoms. The summed E-state index contributed by atoms with van der Waals surface area (Å²) in [7, 11) is 0. The maximum Gasteiger partial charge on any atom is 0.128 e. The van der Waals surface area contributed by atoms with Crippen LogP contribution < -0.4 is 10.5 Å². The Bertz CT molecular complexity index is 1020. The minimum absolute atomic E-state index is 0.428. The normalized spacial score (nSPS) is 11.0. The number of nitrogens with zero attached hydrogens (tertiary/aromatic N) is 2. The highest BCUT2D eigenvalue weighted by atomic mass is 16.5. The standard InChI is InChI=1S/C21H20N4O/c1-2-26-20-6-5-14(19-11-16-13-23-9-7-18(16)25-19)10-17(20)21-15(12-22)4-3-8-24-21/h3-11,13,25H,2,12,22H2,1H3. The summed E-state index contributed by atoms with van der Waals surface area (Å²) in [6, 6.07) is 14.1. The van der Waals surface area contributed by atoms with Crippen LogP contribution in [0.5, 0.6) is 5.75 Å². The van der Waals surface area contributed by atoms with Gasteiger partial charge in [-0.15, -0.1) is 0 Å². The first-order chi connectivity index (χ1) is 12.8. The van der Waals surface area contributed by atoms with Crippen LogP contribution in [0.2, 0.25) is 0 Å². The first-order valence-electron chi connectivity index (χ1n) is 8.64. The lowest BCUT2D eigenvalue weighted by molar-refractivity contribution is 0.341. The summed E-state index contributed by atoms with van der Waals surface area (Å²) >= 11 is 0. The molecule has 3 N–H and O–H groups in total. The summed E-state index contributed by atoms with van der Waals surface area (Å²) in [6.45, 7) is 3.00. The molecule has 0 radical (unpaired) electrons. The van der Waals surface area contributed by atoms with Gasteiger partial charge in [0.25, 0.3) is 0 Å². The summed E-state index contributed by atoms with van der Waals surface area (Å²) < 4.78 is 5.84. The van der Waals surface area contributed by atoms with Crippen LogP contribution in [0.4, 0.5) is 0 Å². The Kier molecular flexibility index (Phi) is 4.37. The first kappa shape index (κ1) is 16.3. The van der Waals surface area contributed by atoms with Crippen LogP contribution in [0.3, 0.4) is 0 Å². The van der Waals surface area contributed by atoms with Gasteiger partial charge in [-0.05, 0) is 54.4 Å². The van der Waals surface area contributed by atoms with E-state index in [1.807, 2.05) is 37.4 Å². The average Bonchev–Trinajstić information content (AvgIpc) is 3.13. The van der Waals surface area contributed by atoms with Crippen LogP contribution in [-0.4, -0.2) is 21.6 Å². The molecular formula is C21H20N4O. The number of nitrogens with two attached hydrogens (primary N) is 1. The maximum atomic E-state index is 5.92. The zero-order chi connectivity index (χ0) is 17.9. The predicted octanol–water partition coefficient (Wildman–Crippen LogP) is 4.15. The zero-order valence-electron chi connectivity index (χ0n) is 14.6. The highest BCUT2D eigenvalue weighted by Crippen LogP contribution is 2.35. The number of benzene rings is 1. The second-order valence-electron chi connectivity index (χ2n) is 6.01. The van der Waals surface area contributed by atoms with E-state index < -0.39 is 0 Å². The van der Waals surface area contributed by atoms with E-state index in [1.54, 1.807) is 12.4 Å². The lowest BCUT2D eigenvalue weighted by Crippen LogP contribution is -2.02. The van der Waals surface area contributed by atoms with Crippen molar-refractivity contribution < 1.29 is 4.74 Å². The minimum Gasteiger partial charge on any atom is -0.493 e. The van der Waals surface area contributed by atoms with E-state index in [1.165, 1.54) is 0 Å². The second-order valence-corrected chi connectivity index (χ2v) is 6.01. The lowest BCUT2D eigenvalue weighted by atomic mass is 10.0. The number of nitrogens with one attached hydrogen (secondary N) is 1. The van der Waals surface area contributed by atoms with Gasteiger partial charge in [0.2, 0.25) is 0 Å². The van der Waals surface area contributed by atoms with Gasteiger partial charge >= 0.3 is 0 Å². The summed E-state index contributed by atoms with van der Waals surface area (Å²) in [6.07, 6.45) is 5.43. The summed E-state index contributed by atoms with van der Waals surface area (Å²) in [5.41, 5.74) is 11.9. The minimum atomic E-state index is 0.428. The molecule has 3 aromatic heterocycles. The Balaban J connectivity index is 1.87. The number of hydrogen-bond donors (Lipinski definition) is 2. The Morgan fingerprint density at radius 3 is 2.85 bits per heavy atom. The highest BCUT2D eigenvalue weighted by Gasteiger charge is 2.14. The SMILES string of the molecule is CCOc1ccc(-c2cc3cnccc3[nH]2)cc1-c1ncccc1CN. The number of H-pyrrole nitrogens is 1. The molecule has 1 aromatic carbocycles. The van der Waals surface area contributed by atoms with Gasteiger partial charge in [-0.2, -0.15) is 0 Å². The number of aromatic amines is 1. The largest absolute Gasteiger partial charge is 0.493 e. The molecule has 0 spiro atoms. The number of rotatable bonds is 5. The average molecular weight is 344 g/mol. The topological polar surface area (TPSA) is 76.8 Å². The van der Waals surface area contributed by atoms with Crippen molar-refractivity contribution in [1.82, 2.24) is 15.0 Å². The first-order valence-corrected chi connectivity index (χ1v) is 8.64. The monoisotopic (exact) mass is 344 g/mol. The van der Waals surface area contributed by atoms with E-state index >= 15 is 0 Å². The van der Waals surface area contributed by atoms with Crippen molar-refractivity contribution in [2.24, 2.45) is 5.73 Å². The molecular weight excluding hydrogens is 324 g/mol. The van der Waals surface area contributed by atoms with Gasteiger partial charge < -0.3 is 15.5 Å². The molecule has 0 saturated heterocycles. The maximum absolute atomic E-state index is 5.92. The van der Waals surface area contributed by atoms with Gasteiger partial charge in [-0.3, -0.25) is 9.97 Å². The van der Waals surface area contributed by atoms with Crippen molar-refractivity contribution in [2.45, 2.75) is 13.5 Å². The third-order valence-corrected chi connectivity index (χ3v) is 4.38. The number of fused-ring (bicyclic) bond motifs is 1. The summed E-state index contributed by atoms with van der Waals surface area (Å²) in [5, 5.41) is 1.08. The van der Waals surface area contributed by atoms with Gasteiger partial charge in [0.15, 0.2) is 0 Å². The van der Waals surface area contributed by atoms with Crippen molar-refractivity contribution in [3.63, 3.8) is 0 Å². The third kappa shape index (κ3) is 2.93. The fraction of sp³-hybridized carbons (Fsp3) is 0.143. The van der Waals surface area contributed by atoms with Crippen molar-refractivity contribution in [3.05, 3.63) is 66.6 Å². The van der Waals surface area contributed by atoms with E-state index in [0.29, 0.717) is 13.2 Å². The van der Waals surface area contributed by atoms with Gasteiger partial charge in [-0.1, -0.05) is 6.07 Å². The molecule has 26 heavy (non-hydrogen) atoms. The number of pyridine rings is 2. The van der Waals surface area contributed by atoms with Crippen LogP contribution >= 0.6 is 0 Å². The van der Waals surface area contributed by atoms with E-state index in [9.17, 15) is 0 Å². The van der Waals surface area contributed by atoms with Crippen LogP contribution in [0.25, 0.3) is 33.4 Å². The second kappa shape index (κ2) is 6.98. The fourth-order valence-electron chi connectivity index (χ4n) is 3.14. The molecule has 3 heterocycles. The number of hydrogen-bond acceptors (Lipinski definition) is 4. The number of ether oxygens (including phenoxy) is 1. The van der Waals surface area contributed by atoms with Gasteiger partial charge in [0.1, 0.15) is 5.75 Å². The molecule has 0 unspecified atom stereocenters. The molecule has 5 nitrogen and oxygen atoms in total. The molecule has 0 aliphatic rings. The van der Waals surface area contributed by atoms with Crippen molar-refractivity contribution in [2.75, 3.05) is 6.61 Å². The van der Waals surface area contributed by atoms with Crippen LogP contribution in [0.1, 0.15) is 12.5 Å². The summed E-state index contributed by atoms with van der Waals surface area (Å²) in [4.78, 5) is 12.2. The van der Waals surface area contributed by atoms with Crippen LogP contribution in [0.15, 0.2) is 61.1 Å². The van der Waals surface area contributed by atoms with Crippen molar-refractivity contribution in [3.8, 4) is 28.3 Å². The Hall–Kier alpha value is -3.18. The fourth-order valence-corrected chi connectivity index (χ4v) is 3.14. The summed E-state index contributed by atoms with van der Waals surface area (Å²) in [5.74, 6) is 0.808. The zero-order valence-corrected chi connectivity index (χ0v) is 14.6. The van der Waals surface area contributed by atoms with Crippen molar-refractivity contribution in [1.29, 1.82) is 0 Å². The van der Waals surface area contributed by atoms with E-state index in [4.69, 9.17) is 10.5 Å². The molecule has 0 fully saturated rings. The van der Waals surface area contributed by atoms with Crippen LogP contribution in [0, 0.1) is 0 Å². The van der Waals surface area contributed by atoms with E-state index in [-0.39, 0.29) is 0 Å². The van der Waals surface area contributed by atoms with Gasteiger partial charge in [0.05, 0.1) is 12.3 Å². The quantitative estimate of drug-likeness (QED) is 0.570. The highest BCUT2D eigenvalue weighted by molar-refractivity contribution is 5.86. The predicted molar refractivity (Wildman–Crippen MR) is 104 cm³/mol. The van der Waals surface area contributed by atoms with Gasteiger partial charge in [-0.25, -0.2) is 0 Å². The van der Waals surface area contributed by atoms with Gasteiger partial charge in [0, 0.05) is 47.3 Å². The molecule has 4 aromatic rings. The molecule has 0 amide bonds. The van der Waals surface area contributed by atoms with Crippen molar-refractivity contribution >= 4 is 10.9 Å². The molecule has 0 bridgehead atoms. The Morgan fingerprint density at radius 2 is 2.04 bits per heavy atom. The van der Waals surface area contributed by atoms with E-state index in [2.05, 4.69) is 33.2 Å².